The summed E-state index contributed by atoms with van der Waals surface area (Å²) >= 11 is 3.40. The van der Waals surface area contributed by atoms with Crippen LogP contribution in [-0.2, 0) is 0 Å². The molecule has 1 aliphatic carbocycles. The molecule has 0 unspecified atom stereocenters. The number of halogens is 1. The van der Waals surface area contributed by atoms with E-state index in [1.165, 1.54) is 31.4 Å². The maximum atomic E-state index is 4.43. The Morgan fingerprint density at radius 3 is 2.67 bits per heavy atom. The highest BCUT2D eigenvalue weighted by molar-refractivity contribution is 9.10. The zero-order chi connectivity index (χ0) is 8.55. The molecule has 2 rings (SSSR count). The Kier molecular flexibility index (Phi) is 2.22. The minimum Gasteiger partial charge on any atom is -0.266 e. The van der Waals surface area contributed by atoms with Crippen molar-refractivity contribution in [2.75, 3.05) is 0 Å². The largest absolute Gasteiger partial charge is 0.266 e. The second-order valence-electron chi connectivity index (χ2n) is 3.49. The van der Waals surface area contributed by atoms with Gasteiger partial charge < -0.3 is 0 Å². The normalized spacial score (nSPS) is 18.8. The lowest BCUT2D eigenvalue weighted by Gasteiger charge is -2.11. The van der Waals surface area contributed by atoms with E-state index < -0.39 is 0 Å². The maximum Gasteiger partial charge on any atom is 0.128 e. The smallest absolute Gasteiger partial charge is 0.128 e. The number of rotatable bonds is 1. The second-order valence-corrected chi connectivity index (χ2v) is 4.30. The van der Waals surface area contributed by atoms with Crippen LogP contribution in [0.5, 0.6) is 0 Å². The first-order valence-corrected chi connectivity index (χ1v) is 5.28. The molecule has 12 heavy (non-hydrogen) atoms. The fourth-order valence-corrected chi connectivity index (χ4v) is 2.47. The standard InChI is InChI=1S/C9H13BrN2/c1-7-6-9(10)11-12(7)8-4-2-3-5-8/h6,8H,2-5H2,1H3. The molecule has 0 atom stereocenters. The van der Waals surface area contributed by atoms with Crippen LogP contribution in [0.4, 0.5) is 0 Å². The molecule has 0 amide bonds. The molecule has 0 aromatic carbocycles. The SMILES string of the molecule is Cc1cc(Br)nn1C1CCCC1. The Balaban J connectivity index is 2.25. The zero-order valence-corrected chi connectivity index (χ0v) is 8.84. The number of aryl methyl sites for hydroxylation is 1. The first-order chi connectivity index (χ1) is 5.77. The summed E-state index contributed by atoms with van der Waals surface area (Å²) in [7, 11) is 0. The minimum absolute atomic E-state index is 0.663. The van der Waals surface area contributed by atoms with Gasteiger partial charge in [-0.2, -0.15) is 5.10 Å². The fourth-order valence-electron chi connectivity index (χ4n) is 1.97. The Morgan fingerprint density at radius 1 is 1.50 bits per heavy atom. The fraction of sp³-hybridized carbons (Fsp3) is 0.667. The summed E-state index contributed by atoms with van der Waals surface area (Å²) < 4.78 is 3.13. The molecule has 0 N–H and O–H groups in total. The van der Waals surface area contributed by atoms with Gasteiger partial charge in [0.1, 0.15) is 4.60 Å². The number of nitrogens with zero attached hydrogens (tertiary/aromatic N) is 2. The topological polar surface area (TPSA) is 17.8 Å². The molecular formula is C9H13BrN2. The first kappa shape index (κ1) is 8.30. The van der Waals surface area contributed by atoms with Crippen LogP contribution in [-0.4, -0.2) is 9.78 Å². The van der Waals surface area contributed by atoms with Crippen LogP contribution in [0.3, 0.4) is 0 Å². The third-order valence-corrected chi connectivity index (χ3v) is 2.95. The molecule has 2 nitrogen and oxygen atoms in total. The van der Waals surface area contributed by atoms with Crippen LogP contribution >= 0.6 is 15.9 Å². The van der Waals surface area contributed by atoms with E-state index in [2.05, 4.69) is 38.7 Å². The highest BCUT2D eigenvalue weighted by Gasteiger charge is 2.18. The monoisotopic (exact) mass is 228 g/mol. The van der Waals surface area contributed by atoms with Crippen LogP contribution in [0.15, 0.2) is 10.7 Å². The summed E-state index contributed by atoms with van der Waals surface area (Å²) in [5.74, 6) is 0. The Morgan fingerprint density at radius 2 is 2.17 bits per heavy atom. The predicted octanol–water partition coefficient (Wildman–Crippen LogP) is 3.07. The maximum absolute atomic E-state index is 4.43. The van der Waals surface area contributed by atoms with Gasteiger partial charge in [0.05, 0.1) is 6.04 Å². The van der Waals surface area contributed by atoms with Crippen molar-refractivity contribution in [1.29, 1.82) is 0 Å². The number of aromatic nitrogens is 2. The van der Waals surface area contributed by atoms with Crippen LogP contribution < -0.4 is 0 Å². The van der Waals surface area contributed by atoms with Crippen molar-refractivity contribution in [2.45, 2.75) is 38.6 Å². The van der Waals surface area contributed by atoms with E-state index in [0.29, 0.717) is 6.04 Å². The van der Waals surface area contributed by atoms with Crippen molar-refractivity contribution in [3.05, 3.63) is 16.4 Å². The first-order valence-electron chi connectivity index (χ1n) is 4.49. The van der Waals surface area contributed by atoms with Crippen molar-refractivity contribution >= 4 is 15.9 Å². The van der Waals surface area contributed by atoms with Gasteiger partial charge in [-0.3, -0.25) is 4.68 Å². The molecule has 0 aliphatic heterocycles. The highest BCUT2D eigenvalue weighted by Crippen LogP contribution is 2.30. The van der Waals surface area contributed by atoms with E-state index in [4.69, 9.17) is 0 Å². The average Bonchev–Trinajstić information content (AvgIpc) is 2.58. The van der Waals surface area contributed by atoms with Crippen LogP contribution in [0.2, 0.25) is 0 Å². The van der Waals surface area contributed by atoms with Crippen LogP contribution in [0.25, 0.3) is 0 Å². The van der Waals surface area contributed by atoms with Crippen molar-refractivity contribution < 1.29 is 0 Å². The molecule has 1 aliphatic rings. The van der Waals surface area contributed by atoms with Crippen molar-refractivity contribution in [1.82, 2.24) is 9.78 Å². The highest BCUT2D eigenvalue weighted by atomic mass is 79.9. The molecule has 0 bridgehead atoms. The molecule has 3 heteroatoms. The van der Waals surface area contributed by atoms with Gasteiger partial charge in [0.2, 0.25) is 0 Å². The lowest BCUT2D eigenvalue weighted by atomic mass is 10.2. The van der Waals surface area contributed by atoms with Gasteiger partial charge in [0.15, 0.2) is 0 Å². The van der Waals surface area contributed by atoms with Crippen molar-refractivity contribution in [3.8, 4) is 0 Å². The van der Waals surface area contributed by atoms with E-state index in [-0.39, 0.29) is 0 Å². The van der Waals surface area contributed by atoms with Crippen LogP contribution in [0, 0.1) is 6.92 Å². The second kappa shape index (κ2) is 3.21. The summed E-state index contributed by atoms with van der Waals surface area (Å²) in [5, 5.41) is 4.43. The van der Waals surface area contributed by atoms with Gasteiger partial charge >= 0.3 is 0 Å². The molecule has 1 aromatic heterocycles. The molecule has 1 aromatic rings. The summed E-state index contributed by atoms with van der Waals surface area (Å²) in [6, 6.07) is 2.74. The van der Waals surface area contributed by atoms with Crippen LogP contribution in [0.1, 0.15) is 37.4 Å². The molecule has 0 spiro atoms. The van der Waals surface area contributed by atoms with Gasteiger partial charge in [0.25, 0.3) is 0 Å². The third kappa shape index (κ3) is 1.42. The number of hydrogen-bond donors (Lipinski definition) is 0. The van der Waals surface area contributed by atoms with Gasteiger partial charge in [-0.25, -0.2) is 0 Å². The molecule has 1 saturated carbocycles. The quantitative estimate of drug-likeness (QED) is 0.723. The zero-order valence-electron chi connectivity index (χ0n) is 7.26. The summed E-state index contributed by atoms with van der Waals surface area (Å²) in [5.41, 5.74) is 1.27. The Hall–Kier alpha value is -0.310. The lowest BCUT2D eigenvalue weighted by molar-refractivity contribution is 0.455. The van der Waals surface area contributed by atoms with E-state index in [1.54, 1.807) is 0 Å². The van der Waals surface area contributed by atoms with E-state index in [1.807, 2.05) is 0 Å². The van der Waals surface area contributed by atoms with E-state index in [0.717, 1.165) is 4.60 Å². The lowest BCUT2D eigenvalue weighted by Crippen LogP contribution is -2.07. The third-order valence-electron chi connectivity index (χ3n) is 2.56. The van der Waals surface area contributed by atoms with Gasteiger partial charge in [0, 0.05) is 5.69 Å². The molecule has 66 valence electrons. The van der Waals surface area contributed by atoms with Crippen molar-refractivity contribution in [3.63, 3.8) is 0 Å². The van der Waals surface area contributed by atoms with E-state index >= 15 is 0 Å². The molecule has 0 saturated heterocycles. The summed E-state index contributed by atoms with van der Waals surface area (Å²) in [6.07, 6.45) is 5.33. The van der Waals surface area contributed by atoms with Gasteiger partial charge in [-0.1, -0.05) is 12.8 Å². The minimum atomic E-state index is 0.663. The van der Waals surface area contributed by atoms with E-state index in [9.17, 15) is 0 Å². The predicted molar refractivity (Wildman–Crippen MR) is 52.2 cm³/mol. The van der Waals surface area contributed by atoms with Gasteiger partial charge in [-0.05, 0) is 41.8 Å². The Bertz CT molecular complexity index is 274. The summed E-state index contributed by atoms with van der Waals surface area (Å²) in [4.78, 5) is 0. The molecule has 0 radical (unpaired) electrons. The molecule has 1 heterocycles. The number of hydrogen-bond acceptors (Lipinski definition) is 1. The Labute approximate surface area is 81.1 Å². The molecule has 1 fully saturated rings. The average molecular weight is 229 g/mol. The molecular weight excluding hydrogens is 216 g/mol. The summed E-state index contributed by atoms with van der Waals surface area (Å²) in [6.45, 7) is 2.12. The van der Waals surface area contributed by atoms with Crippen molar-refractivity contribution in [2.24, 2.45) is 0 Å². The van der Waals surface area contributed by atoms with Gasteiger partial charge in [-0.15, -0.1) is 0 Å².